The second-order valence-corrected chi connectivity index (χ2v) is 3.81. The Labute approximate surface area is 72.9 Å². The average molecular weight is 179 g/mol. The summed E-state index contributed by atoms with van der Waals surface area (Å²) in [6, 6.07) is 0. The first kappa shape index (κ1) is 10.8. The predicted molar refractivity (Wildman–Crippen MR) is 45.8 cm³/mol. The van der Waals surface area contributed by atoms with E-state index < -0.39 is 5.41 Å². The zero-order valence-electron chi connectivity index (χ0n) is 7.32. The highest BCUT2D eigenvalue weighted by atomic mass is 35.5. The van der Waals surface area contributed by atoms with Gasteiger partial charge in [-0.25, -0.2) is 0 Å². The van der Waals surface area contributed by atoms with Crippen molar-refractivity contribution in [3.63, 3.8) is 0 Å². The van der Waals surface area contributed by atoms with E-state index in [2.05, 4.69) is 0 Å². The van der Waals surface area contributed by atoms with E-state index >= 15 is 0 Å². The van der Waals surface area contributed by atoms with Crippen molar-refractivity contribution in [3.05, 3.63) is 0 Å². The highest BCUT2D eigenvalue weighted by Gasteiger charge is 2.22. The Morgan fingerprint density at radius 2 is 2.00 bits per heavy atom. The molecular weight excluding hydrogens is 164 g/mol. The molecule has 0 radical (unpaired) electrons. The molecule has 0 aliphatic rings. The third-order valence-electron chi connectivity index (χ3n) is 1.12. The molecule has 0 atom stereocenters. The second-order valence-electron chi connectivity index (χ2n) is 3.43. The fraction of sp³-hybridized carbons (Fsp3) is 0.875. The summed E-state index contributed by atoms with van der Waals surface area (Å²) in [5.41, 5.74) is -0.397. The minimum Gasteiger partial charge on any atom is -0.465 e. The smallest absolute Gasteiger partial charge is 0.311 e. The number of carbonyl (C=O) groups excluding carboxylic acids is 1. The van der Waals surface area contributed by atoms with Gasteiger partial charge in [0.05, 0.1) is 12.0 Å². The number of hydrogen-bond donors (Lipinski definition) is 0. The van der Waals surface area contributed by atoms with Gasteiger partial charge >= 0.3 is 5.97 Å². The summed E-state index contributed by atoms with van der Waals surface area (Å²) in [6.07, 6.45) is 0.726. The summed E-state index contributed by atoms with van der Waals surface area (Å²) in [5, 5.41) is 0. The summed E-state index contributed by atoms with van der Waals surface area (Å²) in [4.78, 5) is 11.1. The van der Waals surface area contributed by atoms with Crippen LogP contribution in [-0.4, -0.2) is 18.5 Å². The van der Waals surface area contributed by atoms with Crippen LogP contribution in [0.4, 0.5) is 0 Å². The Morgan fingerprint density at radius 3 is 2.36 bits per heavy atom. The number of halogens is 1. The van der Waals surface area contributed by atoms with Gasteiger partial charge in [0.25, 0.3) is 0 Å². The van der Waals surface area contributed by atoms with Gasteiger partial charge in [-0.3, -0.25) is 4.79 Å². The van der Waals surface area contributed by atoms with Gasteiger partial charge < -0.3 is 4.74 Å². The van der Waals surface area contributed by atoms with Crippen LogP contribution in [0, 0.1) is 5.41 Å². The summed E-state index contributed by atoms with van der Waals surface area (Å²) < 4.78 is 4.92. The van der Waals surface area contributed by atoms with Crippen molar-refractivity contribution in [1.82, 2.24) is 0 Å². The van der Waals surface area contributed by atoms with Crippen LogP contribution in [0.1, 0.15) is 27.2 Å². The number of rotatable bonds is 3. The maximum atomic E-state index is 11.1. The zero-order valence-corrected chi connectivity index (χ0v) is 8.07. The maximum absolute atomic E-state index is 11.1. The molecule has 0 saturated heterocycles. The van der Waals surface area contributed by atoms with E-state index in [9.17, 15) is 4.79 Å². The molecule has 0 N–H and O–H groups in total. The molecule has 0 aliphatic heterocycles. The molecule has 2 nitrogen and oxygen atoms in total. The largest absolute Gasteiger partial charge is 0.465 e. The first-order chi connectivity index (χ1) is 4.98. The molecule has 66 valence electrons. The molecule has 0 saturated carbocycles. The van der Waals surface area contributed by atoms with Crippen LogP contribution >= 0.6 is 11.6 Å². The van der Waals surface area contributed by atoms with Crippen molar-refractivity contribution in [1.29, 1.82) is 0 Å². The SMILES string of the molecule is CC(C)(C)C(=O)OCCCCl. The van der Waals surface area contributed by atoms with Crippen molar-refractivity contribution < 1.29 is 9.53 Å². The van der Waals surface area contributed by atoms with Crippen LogP contribution in [-0.2, 0) is 9.53 Å². The molecule has 0 heterocycles. The molecule has 0 aliphatic carbocycles. The van der Waals surface area contributed by atoms with E-state index in [-0.39, 0.29) is 5.97 Å². The Hall–Kier alpha value is -0.240. The Bertz CT molecular complexity index is 127. The van der Waals surface area contributed by atoms with E-state index in [1.54, 1.807) is 0 Å². The van der Waals surface area contributed by atoms with Gasteiger partial charge in [0.1, 0.15) is 0 Å². The van der Waals surface area contributed by atoms with Gasteiger partial charge in [-0.2, -0.15) is 0 Å². The van der Waals surface area contributed by atoms with Gasteiger partial charge in [-0.15, -0.1) is 11.6 Å². The van der Waals surface area contributed by atoms with Crippen LogP contribution in [0.3, 0.4) is 0 Å². The number of alkyl halides is 1. The fourth-order valence-corrected chi connectivity index (χ4v) is 0.545. The summed E-state index contributed by atoms with van der Waals surface area (Å²) in [6.45, 7) is 5.92. The van der Waals surface area contributed by atoms with Crippen molar-refractivity contribution in [2.24, 2.45) is 5.41 Å². The second kappa shape index (κ2) is 4.60. The summed E-state index contributed by atoms with van der Waals surface area (Å²) in [5.74, 6) is 0.375. The van der Waals surface area contributed by atoms with Crippen molar-refractivity contribution in [2.45, 2.75) is 27.2 Å². The summed E-state index contributed by atoms with van der Waals surface area (Å²) >= 11 is 5.41. The van der Waals surface area contributed by atoms with Crippen molar-refractivity contribution in [3.8, 4) is 0 Å². The molecule has 0 fully saturated rings. The molecular formula is C8H15ClO2. The number of esters is 1. The molecule has 0 spiro atoms. The average Bonchev–Trinajstić information content (AvgIpc) is 1.86. The molecule has 0 aromatic rings. The Kier molecular flexibility index (Phi) is 4.50. The quantitative estimate of drug-likeness (QED) is 0.376. The molecule has 0 aromatic heterocycles. The third-order valence-corrected chi connectivity index (χ3v) is 1.39. The van der Waals surface area contributed by atoms with Crippen molar-refractivity contribution in [2.75, 3.05) is 12.5 Å². The van der Waals surface area contributed by atoms with Crippen LogP contribution in [0.15, 0.2) is 0 Å². The standard InChI is InChI=1S/C8H15ClO2/c1-8(2,3)7(10)11-6-4-5-9/h4-6H2,1-3H3. The van der Waals surface area contributed by atoms with E-state index in [1.165, 1.54) is 0 Å². The van der Waals surface area contributed by atoms with E-state index in [0.29, 0.717) is 12.5 Å². The fourth-order valence-electron chi connectivity index (χ4n) is 0.436. The molecule has 0 unspecified atom stereocenters. The molecule has 0 rings (SSSR count). The minimum absolute atomic E-state index is 0.164. The highest BCUT2D eigenvalue weighted by Crippen LogP contribution is 2.14. The number of carbonyl (C=O) groups is 1. The normalized spacial score (nSPS) is 11.3. The van der Waals surface area contributed by atoms with Crippen LogP contribution < -0.4 is 0 Å². The molecule has 0 amide bonds. The molecule has 0 aromatic carbocycles. The lowest BCUT2D eigenvalue weighted by Gasteiger charge is -2.15. The first-order valence-electron chi connectivity index (χ1n) is 3.71. The lowest BCUT2D eigenvalue weighted by Crippen LogP contribution is -2.23. The first-order valence-corrected chi connectivity index (χ1v) is 4.25. The van der Waals surface area contributed by atoms with Crippen LogP contribution in [0.2, 0.25) is 0 Å². The Balaban J connectivity index is 3.54. The van der Waals surface area contributed by atoms with Gasteiger partial charge in [-0.1, -0.05) is 0 Å². The topological polar surface area (TPSA) is 26.3 Å². The lowest BCUT2D eigenvalue weighted by atomic mass is 9.97. The lowest BCUT2D eigenvalue weighted by molar-refractivity contribution is -0.152. The van der Waals surface area contributed by atoms with E-state index in [1.807, 2.05) is 20.8 Å². The van der Waals surface area contributed by atoms with Gasteiger partial charge in [0, 0.05) is 5.88 Å². The molecule has 3 heteroatoms. The van der Waals surface area contributed by atoms with Gasteiger partial charge in [0.15, 0.2) is 0 Å². The monoisotopic (exact) mass is 178 g/mol. The van der Waals surface area contributed by atoms with Crippen LogP contribution in [0.5, 0.6) is 0 Å². The minimum atomic E-state index is -0.397. The maximum Gasteiger partial charge on any atom is 0.311 e. The predicted octanol–water partition coefficient (Wildman–Crippen LogP) is 2.20. The Morgan fingerprint density at radius 1 is 1.45 bits per heavy atom. The van der Waals surface area contributed by atoms with Crippen LogP contribution in [0.25, 0.3) is 0 Å². The number of hydrogen-bond acceptors (Lipinski definition) is 2. The third kappa shape index (κ3) is 5.08. The van der Waals surface area contributed by atoms with Crippen molar-refractivity contribution >= 4 is 17.6 Å². The molecule has 11 heavy (non-hydrogen) atoms. The zero-order chi connectivity index (χ0) is 8.91. The molecule has 0 bridgehead atoms. The van der Waals surface area contributed by atoms with Gasteiger partial charge in [0.2, 0.25) is 0 Å². The summed E-state index contributed by atoms with van der Waals surface area (Å²) in [7, 11) is 0. The highest BCUT2D eigenvalue weighted by molar-refractivity contribution is 6.17. The van der Waals surface area contributed by atoms with E-state index in [0.717, 1.165) is 6.42 Å². The van der Waals surface area contributed by atoms with Gasteiger partial charge in [-0.05, 0) is 27.2 Å². The number of ether oxygens (including phenoxy) is 1. The van der Waals surface area contributed by atoms with E-state index in [4.69, 9.17) is 16.3 Å².